The van der Waals surface area contributed by atoms with Gasteiger partial charge in [-0.25, -0.2) is 5.01 Å². The van der Waals surface area contributed by atoms with Gasteiger partial charge in [0.05, 0.1) is 32.5 Å². The van der Waals surface area contributed by atoms with E-state index in [9.17, 15) is 5.11 Å². The second-order valence-corrected chi connectivity index (χ2v) is 4.34. The van der Waals surface area contributed by atoms with Gasteiger partial charge < -0.3 is 26.4 Å². The van der Waals surface area contributed by atoms with Crippen molar-refractivity contribution < 1.29 is 14.9 Å². The highest BCUT2D eigenvalue weighted by Gasteiger charge is 2.24. The van der Waals surface area contributed by atoms with Gasteiger partial charge in [0, 0.05) is 13.1 Å². The molecule has 2 rings (SSSR count). The number of hydrogen-bond acceptors (Lipinski definition) is 10. The van der Waals surface area contributed by atoms with Crippen molar-refractivity contribution in [2.45, 2.75) is 6.10 Å². The minimum Gasteiger partial charge on any atom is -0.394 e. The lowest BCUT2D eigenvalue weighted by Gasteiger charge is -2.37. The predicted octanol–water partition coefficient (Wildman–Crippen LogP) is -2.56. The van der Waals surface area contributed by atoms with Crippen molar-refractivity contribution in [1.29, 1.82) is 0 Å². The lowest BCUT2D eigenvalue weighted by molar-refractivity contribution is 0.0196. The highest BCUT2D eigenvalue weighted by atomic mass is 16.5. The van der Waals surface area contributed by atoms with Crippen LogP contribution in [0.15, 0.2) is 0 Å². The van der Waals surface area contributed by atoms with Gasteiger partial charge in [-0.05, 0) is 0 Å². The fourth-order valence-electron chi connectivity index (χ4n) is 1.89. The number of aromatic nitrogens is 3. The third kappa shape index (κ3) is 3.63. The smallest absolute Gasteiger partial charge is 0.246 e. The molecule has 0 amide bonds. The summed E-state index contributed by atoms with van der Waals surface area (Å²) in [5.41, 5.74) is 11.1. The Kier molecular flexibility index (Phi) is 4.84. The maximum atomic E-state index is 9.68. The summed E-state index contributed by atoms with van der Waals surface area (Å²) in [6.45, 7) is 2.10. The number of ether oxygens (including phenoxy) is 1. The average Bonchev–Trinajstić information content (AvgIpc) is 2.44. The molecule has 1 fully saturated rings. The number of anilines is 3. The maximum absolute atomic E-state index is 9.68. The summed E-state index contributed by atoms with van der Waals surface area (Å²) in [5.74, 6) is 0.248. The van der Waals surface area contributed by atoms with E-state index >= 15 is 0 Å². The van der Waals surface area contributed by atoms with Crippen LogP contribution in [0.5, 0.6) is 0 Å². The van der Waals surface area contributed by atoms with E-state index in [1.54, 1.807) is 5.01 Å². The Balaban J connectivity index is 2.23. The Bertz CT molecular complexity index is 421. The van der Waals surface area contributed by atoms with Gasteiger partial charge in [-0.2, -0.15) is 15.0 Å². The number of nitrogens with two attached hydrogens (primary N) is 2. The Morgan fingerprint density at radius 3 is 2.35 bits per heavy atom. The van der Waals surface area contributed by atoms with Crippen molar-refractivity contribution in [3.63, 3.8) is 0 Å². The molecular weight excluding hydrogens is 266 g/mol. The molecule has 0 bridgehead atoms. The Morgan fingerprint density at radius 2 is 1.80 bits per heavy atom. The van der Waals surface area contributed by atoms with Crippen molar-refractivity contribution in [3.8, 4) is 0 Å². The van der Waals surface area contributed by atoms with Crippen molar-refractivity contribution in [2.24, 2.45) is 0 Å². The molecule has 2 heterocycles. The highest BCUT2D eigenvalue weighted by molar-refractivity contribution is 5.39. The summed E-state index contributed by atoms with van der Waals surface area (Å²) >= 11 is 0. The second kappa shape index (κ2) is 6.61. The quantitative estimate of drug-likeness (QED) is 0.455. The molecule has 1 aromatic heterocycles. The van der Waals surface area contributed by atoms with E-state index in [2.05, 4.69) is 15.0 Å². The number of rotatable bonds is 5. The number of hydrazine groups is 1. The van der Waals surface area contributed by atoms with Gasteiger partial charge in [-0.15, -0.1) is 0 Å². The average molecular weight is 285 g/mol. The van der Waals surface area contributed by atoms with Gasteiger partial charge in [-0.1, -0.05) is 0 Å². The molecule has 0 saturated carbocycles. The van der Waals surface area contributed by atoms with Crippen LogP contribution < -0.4 is 16.5 Å². The molecule has 0 aromatic carbocycles. The fourth-order valence-corrected chi connectivity index (χ4v) is 1.89. The van der Waals surface area contributed by atoms with Crippen LogP contribution in [0.3, 0.4) is 0 Å². The Hall–Kier alpha value is -1.75. The van der Waals surface area contributed by atoms with Crippen LogP contribution in [-0.2, 0) is 4.74 Å². The van der Waals surface area contributed by atoms with Gasteiger partial charge >= 0.3 is 0 Å². The van der Waals surface area contributed by atoms with Crippen LogP contribution in [0.2, 0.25) is 0 Å². The van der Waals surface area contributed by atoms with Crippen molar-refractivity contribution in [2.75, 3.05) is 55.9 Å². The van der Waals surface area contributed by atoms with E-state index < -0.39 is 6.10 Å². The molecule has 1 aliphatic rings. The second-order valence-electron chi connectivity index (χ2n) is 4.34. The first-order valence-electron chi connectivity index (χ1n) is 6.26. The van der Waals surface area contributed by atoms with E-state index in [0.29, 0.717) is 26.3 Å². The van der Waals surface area contributed by atoms with Crippen LogP contribution in [0, 0.1) is 0 Å². The zero-order valence-electron chi connectivity index (χ0n) is 11.0. The van der Waals surface area contributed by atoms with Crippen LogP contribution in [0.25, 0.3) is 0 Å². The van der Waals surface area contributed by atoms with Gasteiger partial charge in [0.25, 0.3) is 0 Å². The fraction of sp³-hybridized carbons (Fsp3) is 0.700. The minimum atomic E-state index is -0.933. The number of hydrogen-bond donors (Lipinski definition) is 4. The molecule has 1 saturated heterocycles. The summed E-state index contributed by atoms with van der Waals surface area (Å²) in [4.78, 5) is 11.8. The highest BCUT2D eigenvalue weighted by Crippen LogP contribution is 2.15. The van der Waals surface area contributed by atoms with E-state index in [-0.39, 0.29) is 31.0 Å². The molecule has 10 heteroatoms. The zero-order chi connectivity index (χ0) is 14.5. The molecule has 6 N–H and O–H groups in total. The topological polar surface area (TPSA) is 147 Å². The van der Waals surface area contributed by atoms with Crippen molar-refractivity contribution in [3.05, 3.63) is 0 Å². The van der Waals surface area contributed by atoms with Gasteiger partial charge in [-0.3, -0.25) is 5.01 Å². The number of aliphatic hydroxyl groups is 2. The zero-order valence-corrected chi connectivity index (χ0v) is 11.0. The number of aliphatic hydroxyl groups excluding tert-OH is 2. The molecule has 1 unspecified atom stereocenters. The molecule has 0 aliphatic carbocycles. The molecule has 112 valence electrons. The van der Waals surface area contributed by atoms with E-state index in [1.807, 2.05) is 5.01 Å². The van der Waals surface area contributed by atoms with Crippen LogP contribution in [0.4, 0.5) is 17.8 Å². The summed E-state index contributed by atoms with van der Waals surface area (Å²) in [5, 5.41) is 22.2. The monoisotopic (exact) mass is 285 g/mol. The first-order chi connectivity index (χ1) is 9.60. The molecule has 1 atom stereocenters. The van der Waals surface area contributed by atoms with E-state index in [4.69, 9.17) is 21.3 Å². The van der Waals surface area contributed by atoms with Crippen LogP contribution in [-0.4, -0.2) is 75.7 Å². The normalized spacial score (nSPS) is 17.9. The lowest BCUT2D eigenvalue weighted by atomic mass is 10.3. The van der Waals surface area contributed by atoms with E-state index in [0.717, 1.165) is 0 Å². The van der Waals surface area contributed by atoms with Gasteiger partial charge in [0.1, 0.15) is 0 Å². The molecule has 0 spiro atoms. The maximum Gasteiger partial charge on any atom is 0.246 e. The molecular formula is C10H19N7O3. The lowest BCUT2D eigenvalue weighted by Crippen LogP contribution is -2.52. The third-order valence-electron chi connectivity index (χ3n) is 2.81. The van der Waals surface area contributed by atoms with Crippen molar-refractivity contribution >= 4 is 17.8 Å². The van der Waals surface area contributed by atoms with Crippen LogP contribution in [0.1, 0.15) is 0 Å². The Labute approximate surface area is 116 Å². The summed E-state index contributed by atoms with van der Waals surface area (Å²) in [6.07, 6.45) is -0.933. The van der Waals surface area contributed by atoms with Crippen LogP contribution >= 0.6 is 0 Å². The summed E-state index contributed by atoms with van der Waals surface area (Å²) in [6, 6.07) is 0. The molecule has 10 nitrogen and oxygen atoms in total. The SMILES string of the molecule is Nc1nc(N)nc(N(CC(O)CO)N2CCOCC2)n1. The number of nitrogens with zero attached hydrogens (tertiary/aromatic N) is 5. The first kappa shape index (κ1) is 14.7. The first-order valence-corrected chi connectivity index (χ1v) is 6.26. The largest absolute Gasteiger partial charge is 0.394 e. The minimum absolute atomic E-state index is 0.00393. The molecule has 1 aromatic rings. The van der Waals surface area contributed by atoms with Gasteiger partial charge in [0.15, 0.2) is 0 Å². The third-order valence-corrected chi connectivity index (χ3v) is 2.81. The molecule has 0 radical (unpaired) electrons. The Morgan fingerprint density at radius 1 is 1.20 bits per heavy atom. The standard InChI is InChI=1S/C10H19N7O3/c11-8-13-9(12)15-10(14-8)17(5-7(19)6-18)16-1-3-20-4-2-16/h7,18-19H,1-6H2,(H4,11,12,13,14,15). The van der Waals surface area contributed by atoms with Gasteiger partial charge in [0.2, 0.25) is 17.8 Å². The summed E-state index contributed by atoms with van der Waals surface area (Å²) < 4.78 is 5.28. The number of nitrogen functional groups attached to an aromatic ring is 2. The summed E-state index contributed by atoms with van der Waals surface area (Å²) in [7, 11) is 0. The molecule has 20 heavy (non-hydrogen) atoms. The van der Waals surface area contributed by atoms with Crippen molar-refractivity contribution in [1.82, 2.24) is 20.0 Å². The number of morpholine rings is 1. The predicted molar refractivity (Wildman–Crippen MR) is 71.5 cm³/mol. The van der Waals surface area contributed by atoms with E-state index in [1.165, 1.54) is 0 Å². The molecule has 1 aliphatic heterocycles.